The second kappa shape index (κ2) is 8.23. The molecule has 2 aliphatic rings. The molecule has 3 amide bonds. The number of amides is 3. The van der Waals surface area contributed by atoms with Gasteiger partial charge in [-0.25, -0.2) is 9.18 Å². The first kappa shape index (κ1) is 21.5. The molecule has 1 N–H and O–H groups in total. The number of carbonyl (C=O) groups excluding carboxylic acids is 2. The Morgan fingerprint density at radius 3 is 2.45 bits per heavy atom. The number of hydrogen-bond acceptors (Lipinski definition) is 3. The first-order valence-corrected chi connectivity index (χ1v) is 11.8. The topological polar surface area (TPSA) is 52.7 Å². The normalized spacial score (nSPS) is 19.3. The first-order valence-electron chi connectivity index (χ1n) is 10.9. The van der Waals surface area contributed by atoms with Crippen LogP contribution in [0.4, 0.5) is 20.6 Å². The van der Waals surface area contributed by atoms with Crippen molar-refractivity contribution in [2.24, 2.45) is 0 Å². The molecule has 0 bridgehead atoms. The molecule has 0 saturated carbocycles. The van der Waals surface area contributed by atoms with Crippen molar-refractivity contribution in [1.29, 1.82) is 0 Å². The number of carbonyl (C=O) groups is 2. The lowest BCUT2D eigenvalue weighted by atomic mass is 10.0. The van der Waals surface area contributed by atoms with E-state index in [9.17, 15) is 14.0 Å². The quantitative estimate of drug-likeness (QED) is 0.566. The lowest BCUT2D eigenvalue weighted by Crippen LogP contribution is -2.51. The van der Waals surface area contributed by atoms with E-state index in [-0.39, 0.29) is 17.8 Å². The number of fused-ring (bicyclic) bond motifs is 2. The molecule has 0 radical (unpaired) electrons. The van der Waals surface area contributed by atoms with Crippen LogP contribution < -0.4 is 10.2 Å². The standard InChI is InChI=1S/C26H24FN3O2S/c1-17-3-10-21(11-4-17)28-25(32)30-13-14-33-26(30)22-15-18(2)5-12-23(22)29(24(26)31)16-19-6-8-20(27)9-7-19/h3-12,15H,13-14,16H2,1-2H3,(H,28,32)/t26-/m1/s1. The highest BCUT2D eigenvalue weighted by Crippen LogP contribution is 2.54. The maximum absolute atomic E-state index is 14.0. The number of nitrogens with zero attached hydrogens (tertiary/aromatic N) is 2. The summed E-state index contributed by atoms with van der Waals surface area (Å²) < 4.78 is 13.4. The molecular formula is C26H24FN3O2S. The molecule has 1 spiro atoms. The Bertz CT molecular complexity index is 1230. The summed E-state index contributed by atoms with van der Waals surface area (Å²) in [4.78, 5) is 29.6. The van der Waals surface area contributed by atoms with E-state index in [2.05, 4.69) is 5.32 Å². The van der Waals surface area contributed by atoms with Gasteiger partial charge < -0.3 is 10.2 Å². The average molecular weight is 462 g/mol. The Morgan fingerprint density at radius 2 is 1.73 bits per heavy atom. The van der Waals surface area contributed by atoms with Crippen LogP contribution in [0.1, 0.15) is 22.3 Å². The van der Waals surface area contributed by atoms with Gasteiger partial charge in [0.25, 0.3) is 5.91 Å². The smallest absolute Gasteiger partial charge is 0.308 e. The summed E-state index contributed by atoms with van der Waals surface area (Å²) in [5.41, 5.74) is 5.26. The number of urea groups is 1. The molecule has 5 nitrogen and oxygen atoms in total. The molecule has 0 aromatic heterocycles. The number of hydrogen-bond donors (Lipinski definition) is 1. The number of thioether (sulfide) groups is 1. The number of nitrogens with one attached hydrogen (secondary N) is 1. The Hall–Kier alpha value is -3.32. The Kier molecular flexibility index (Phi) is 5.37. The summed E-state index contributed by atoms with van der Waals surface area (Å²) in [6.45, 7) is 4.75. The lowest BCUT2D eigenvalue weighted by molar-refractivity contribution is -0.123. The fraction of sp³-hybridized carbons (Fsp3) is 0.231. The summed E-state index contributed by atoms with van der Waals surface area (Å²) in [5, 5.41) is 2.96. The van der Waals surface area contributed by atoms with E-state index in [4.69, 9.17) is 0 Å². The Morgan fingerprint density at radius 1 is 1.03 bits per heavy atom. The highest BCUT2D eigenvalue weighted by Gasteiger charge is 2.59. The second-order valence-electron chi connectivity index (χ2n) is 8.48. The lowest BCUT2D eigenvalue weighted by Gasteiger charge is -2.33. The van der Waals surface area contributed by atoms with Crippen molar-refractivity contribution in [3.63, 3.8) is 0 Å². The van der Waals surface area contributed by atoms with E-state index in [0.29, 0.717) is 24.5 Å². The van der Waals surface area contributed by atoms with Gasteiger partial charge in [0.05, 0.1) is 12.2 Å². The van der Waals surface area contributed by atoms with Crippen LogP contribution >= 0.6 is 11.8 Å². The molecule has 168 valence electrons. The van der Waals surface area contributed by atoms with Crippen molar-refractivity contribution < 1.29 is 14.0 Å². The highest BCUT2D eigenvalue weighted by molar-refractivity contribution is 8.01. The van der Waals surface area contributed by atoms with Gasteiger partial charge in [0, 0.05) is 23.5 Å². The number of halogens is 1. The van der Waals surface area contributed by atoms with Crippen LogP contribution in [0.2, 0.25) is 0 Å². The van der Waals surface area contributed by atoms with E-state index in [0.717, 1.165) is 27.9 Å². The van der Waals surface area contributed by atoms with Gasteiger partial charge in [0.1, 0.15) is 5.82 Å². The predicted octanol–water partition coefficient (Wildman–Crippen LogP) is 5.42. The van der Waals surface area contributed by atoms with Crippen molar-refractivity contribution in [3.05, 3.63) is 94.8 Å². The van der Waals surface area contributed by atoms with Gasteiger partial charge in [-0.3, -0.25) is 9.69 Å². The van der Waals surface area contributed by atoms with Crippen LogP contribution in [-0.2, 0) is 16.2 Å². The van der Waals surface area contributed by atoms with Gasteiger partial charge in [0.15, 0.2) is 4.87 Å². The molecule has 33 heavy (non-hydrogen) atoms. The fourth-order valence-electron chi connectivity index (χ4n) is 4.49. The zero-order valence-electron chi connectivity index (χ0n) is 18.5. The van der Waals surface area contributed by atoms with Crippen LogP contribution in [0.3, 0.4) is 0 Å². The van der Waals surface area contributed by atoms with Crippen molar-refractivity contribution in [2.75, 3.05) is 22.5 Å². The Balaban J connectivity index is 1.52. The monoisotopic (exact) mass is 461 g/mol. The fourth-order valence-corrected chi connectivity index (χ4v) is 5.94. The third-order valence-electron chi connectivity index (χ3n) is 6.15. The molecule has 3 aromatic rings. The van der Waals surface area contributed by atoms with Gasteiger partial charge >= 0.3 is 6.03 Å². The minimum atomic E-state index is -1.11. The molecule has 2 aliphatic heterocycles. The number of rotatable bonds is 3. The van der Waals surface area contributed by atoms with Crippen LogP contribution in [0.5, 0.6) is 0 Å². The summed E-state index contributed by atoms with van der Waals surface area (Å²) in [5.74, 6) is 0.198. The summed E-state index contributed by atoms with van der Waals surface area (Å²) in [6.07, 6.45) is 0. The summed E-state index contributed by atoms with van der Waals surface area (Å²) in [7, 11) is 0. The molecule has 1 atom stereocenters. The van der Waals surface area contributed by atoms with Crippen molar-refractivity contribution >= 4 is 35.1 Å². The van der Waals surface area contributed by atoms with E-state index >= 15 is 0 Å². The second-order valence-corrected chi connectivity index (χ2v) is 9.77. The maximum Gasteiger partial charge on any atom is 0.323 e. The Labute approximate surface area is 196 Å². The molecule has 2 heterocycles. The number of benzene rings is 3. The van der Waals surface area contributed by atoms with Crippen molar-refractivity contribution in [1.82, 2.24) is 4.90 Å². The zero-order valence-corrected chi connectivity index (χ0v) is 19.3. The molecular weight excluding hydrogens is 437 g/mol. The van der Waals surface area contributed by atoms with Crippen LogP contribution in [0.15, 0.2) is 66.7 Å². The largest absolute Gasteiger partial charge is 0.323 e. The maximum atomic E-state index is 14.0. The van der Waals surface area contributed by atoms with Gasteiger partial charge in [-0.15, -0.1) is 11.8 Å². The van der Waals surface area contributed by atoms with E-state index in [1.165, 1.54) is 23.9 Å². The van der Waals surface area contributed by atoms with E-state index in [1.54, 1.807) is 21.9 Å². The molecule has 7 heteroatoms. The van der Waals surface area contributed by atoms with Crippen molar-refractivity contribution in [2.45, 2.75) is 25.3 Å². The van der Waals surface area contributed by atoms with Gasteiger partial charge in [-0.2, -0.15) is 0 Å². The average Bonchev–Trinajstić information content (AvgIpc) is 3.34. The third-order valence-corrected chi connectivity index (χ3v) is 7.57. The van der Waals surface area contributed by atoms with Crippen LogP contribution in [0, 0.1) is 19.7 Å². The van der Waals surface area contributed by atoms with Gasteiger partial charge in [-0.1, -0.05) is 47.5 Å². The zero-order chi connectivity index (χ0) is 23.2. The van der Waals surface area contributed by atoms with Gasteiger partial charge in [0.2, 0.25) is 0 Å². The summed E-state index contributed by atoms with van der Waals surface area (Å²) in [6, 6.07) is 19.4. The molecule has 1 fully saturated rings. The number of anilines is 2. The molecule has 1 saturated heterocycles. The minimum Gasteiger partial charge on any atom is -0.308 e. The first-order chi connectivity index (χ1) is 15.9. The van der Waals surface area contributed by atoms with Crippen LogP contribution in [-0.4, -0.2) is 29.1 Å². The van der Waals surface area contributed by atoms with E-state index < -0.39 is 4.87 Å². The minimum absolute atomic E-state index is 0.144. The van der Waals surface area contributed by atoms with Gasteiger partial charge in [-0.05, 0) is 49.7 Å². The third kappa shape index (κ3) is 3.66. The number of aryl methyl sites for hydroxylation is 2. The molecule has 3 aromatic carbocycles. The van der Waals surface area contributed by atoms with Crippen LogP contribution in [0.25, 0.3) is 0 Å². The molecule has 0 unspecified atom stereocenters. The van der Waals surface area contributed by atoms with Crippen molar-refractivity contribution in [3.8, 4) is 0 Å². The molecule has 5 rings (SSSR count). The highest BCUT2D eigenvalue weighted by atomic mass is 32.2. The molecule has 0 aliphatic carbocycles. The summed E-state index contributed by atoms with van der Waals surface area (Å²) >= 11 is 1.49. The van der Waals surface area contributed by atoms with E-state index in [1.807, 2.05) is 56.3 Å². The SMILES string of the molecule is Cc1ccc(NC(=O)N2CCS[C@]23C(=O)N(Cc2ccc(F)cc2)c2ccc(C)cc23)cc1. The predicted molar refractivity (Wildman–Crippen MR) is 130 cm³/mol.